The zero-order valence-electron chi connectivity index (χ0n) is 17.2. The highest BCUT2D eigenvalue weighted by molar-refractivity contribution is 6.32. The van der Waals surface area contributed by atoms with Gasteiger partial charge in [0.2, 0.25) is 0 Å². The molecule has 1 aromatic carbocycles. The molecule has 0 radical (unpaired) electrons. The number of aromatic nitrogens is 4. The maximum absolute atomic E-state index is 13.7. The average Bonchev–Trinajstić information content (AvgIpc) is 3.16. The van der Waals surface area contributed by atoms with E-state index in [-0.39, 0.29) is 5.56 Å². The van der Waals surface area contributed by atoms with Crippen LogP contribution in [0.5, 0.6) is 0 Å². The van der Waals surface area contributed by atoms with E-state index >= 15 is 0 Å². The fraction of sp³-hybridized carbons (Fsp3) is 0.348. The quantitative estimate of drug-likeness (QED) is 0.516. The molecule has 1 saturated heterocycles. The maximum atomic E-state index is 13.7. The van der Waals surface area contributed by atoms with E-state index in [9.17, 15) is 9.18 Å². The highest BCUT2D eigenvalue weighted by atomic mass is 35.5. The summed E-state index contributed by atoms with van der Waals surface area (Å²) < 4.78 is 15.3. The van der Waals surface area contributed by atoms with Crippen molar-refractivity contribution in [1.82, 2.24) is 24.4 Å². The van der Waals surface area contributed by atoms with Crippen LogP contribution in [0.25, 0.3) is 22.1 Å². The van der Waals surface area contributed by atoms with Gasteiger partial charge in [-0.2, -0.15) is 0 Å². The number of pyridine rings is 2. The number of nitrogens with zero attached hydrogens (tertiary/aromatic N) is 4. The van der Waals surface area contributed by atoms with Crippen molar-refractivity contribution in [1.29, 1.82) is 0 Å². The van der Waals surface area contributed by atoms with Gasteiger partial charge in [0.1, 0.15) is 11.6 Å². The third-order valence-electron chi connectivity index (χ3n) is 6.20. The van der Waals surface area contributed by atoms with Gasteiger partial charge >= 0.3 is 0 Å². The van der Waals surface area contributed by atoms with Crippen molar-refractivity contribution >= 4 is 33.7 Å². The van der Waals surface area contributed by atoms with E-state index in [1.54, 1.807) is 10.6 Å². The molecule has 8 heteroatoms. The lowest BCUT2D eigenvalue weighted by Crippen LogP contribution is -2.37. The Hall–Kier alpha value is -2.77. The second-order valence-corrected chi connectivity index (χ2v) is 8.64. The molecule has 0 atom stereocenters. The molecule has 160 valence electrons. The molecule has 0 bridgehead atoms. The fourth-order valence-corrected chi connectivity index (χ4v) is 4.56. The highest BCUT2D eigenvalue weighted by Gasteiger charge is 2.23. The Bertz CT molecular complexity index is 1280. The summed E-state index contributed by atoms with van der Waals surface area (Å²) in [7, 11) is 0. The standard InChI is InChI=1S/C23H23ClFN5O/c1-14-10-19-20(12-17(14)24)28-23(27-19)15-4-6-29(7-5-15)8-9-30-21-11-16(25)13-26-18(21)2-3-22(30)31/h2-3,10-13,15H,4-9H2,1H3,(H,27,28). The number of H-pyrrole nitrogens is 1. The van der Waals surface area contributed by atoms with Gasteiger partial charge in [0.05, 0.1) is 28.3 Å². The number of imidazole rings is 1. The summed E-state index contributed by atoms with van der Waals surface area (Å²) in [6, 6.07) is 8.48. The summed E-state index contributed by atoms with van der Waals surface area (Å²) in [6.07, 6.45) is 3.16. The Balaban J connectivity index is 1.26. The molecule has 0 saturated carbocycles. The van der Waals surface area contributed by atoms with Crippen LogP contribution >= 0.6 is 11.6 Å². The highest BCUT2D eigenvalue weighted by Crippen LogP contribution is 2.29. The number of aromatic amines is 1. The molecule has 1 fully saturated rings. The summed E-state index contributed by atoms with van der Waals surface area (Å²) in [4.78, 5) is 27.0. The second-order valence-electron chi connectivity index (χ2n) is 8.24. The first kappa shape index (κ1) is 20.2. The van der Waals surface area contributed by atoms with Crippen molar-refractivity contribution in [2.75, 3.05) is 19.6 Å². The van der Waals surface area contributed by atoms with E-state index in [4.69, 9.17) is 16.6 Å². The van der Waals surface area contributed by atoms with Crippen molar-refractivity contribution < 1.29 is 4.39 Å². The molecule has 0 amide bonds. The van der Waals surface area contributed by atoms with Crippen LogP contribution in [0.15, 0.2) is 41.3 Å². The van der Waals surface area contributed by atoms with Gasteiger partial charge in [-0.05, 0) is 56.6 Å². The summed E-state index contributed by atoms with van der Waals surface area (Å²) in [6.45, 7) is 5.08. The van der Waals surface area contributed by atoms with E-state index in [0.717, 1.165) is 59.9 Å². The zero-order valence-corrected chi connectivity index (χ0v) is 18.0. The summed E-state index contributed by atoms with van der Waals surface area (Å²) >= 11 is 6.23. The van der Waals surface area contributed by atoms with Gasteiger partial charge in [-0.1, -0.05) is 11.6 Å². The molecule has 5 rings (SSSR count). The SMILES string of the molecule is Cc1cc2[nH]c(C3CCN(CCn4c(=O)ccc5ncc(F)cc54)CC3)nc2cc1Cl. The van der Waals surface area contributed by atoms with Crippen molar-refractivity contribution in [2.45, 2.75) is 32.2 Å². The van der Waals surface area contributed by atoms with E-state index in [2.05, 4.69) is 14.9 Å². The number of hydrogen-bond donors (Lipinski definition) is 1. The summed E-state index contributed by atoms with van der Waals surface area (Å²) in [5.41, 5.74) is 4.00. The minimum absolute atomic E-state index is 0.133. The van der Waals surface area contributed by atoms with Crippen molar-refractivity contribution in [3.05, 3.63) is 69.1 Å². The van der Waals surface area contributed by atoms with E-state index in [1.165, 1.54) is 18.3 Å². The molecule has 1 N–H and O–H groups in total. The van der Waals surface area contributed by atoms with E-state index in [0.29, 0.717) is 23.5 Å². The van der Waals surface area contributed by atoms with Crippen molar-refractivity contribution in [3.8, 4) is 0 Å². The Kier molecular flexibility index (Phi) is 5.24. The molecular weight excluding hydrogens is 417 g/mol. The van der Waals surface area contributed by atoms with Crippen LogP contribution in [0.1, 0.15) is 30.1 Å². The molecule has 0 spiro atoms. The molecule has 0 aliphatic carbocycles. The number of hydrogen-bond acceptors (Lipinski definition) is 4. The Morgan fingerprint density at radius 3 is 2.77 bits per heavy atom. The molecule has 1 aliphatic heterocycles. The van der Waals surface area contributed by atoms with Crippen molar-refractivity contribution in [2.24, 2.45) is 0 Å². The van der Waals surface area contributed by atoms with Crippen LogP contribution in [0.3, 0.4) is 0 Å². The molecule has 6 nitrogen and oxygen atoms in total. The number of piperidine rings is 1. The predicted octanol–water partition coefficient (Wildman–Crippen LogP) is 4.25. The van der Waals surface area contributed by atoms with Gasteiger partial charge in [-0.25, -0.2) is 9.37 Å². The number of nitrogens with one attached hydrogen (secondary N) is 1. The van der Waals surface area contributed by atoms with Crippen LogP contribution in [0.4, 0.5) is 4.39 Å². The first-order valence-electron chi connectivity index (χ1n) is 10.5. The first-order valence-corrected chi connectivity index (χ1v) is 10.9. The lowest BCUT2D eigenvalue weighted by atomic mass is 9.96. The number of likely N-dealkylation sites (tertiary alicyclic amines) is 1. The van der Waals surface area contributed by atoms with Gasteiger partial charge in [0.15, 0.2) is 0 Å². The second kappa shape index (κ2) is 8.05. The van der Waals surface area contributed by atoms with Crippen LogP contribution in [0.2, 0.25) is 5.02 Å². The average molecular weight is 440 g/mol. The molecule has 3 aromatic heterocycles. The monoisotopic (exact) mass is 439 g/mol. The fourth-order valence-electron chi connectivity index (χ4n) is 4.40. The van der Waals surface area contributed by atoms with Crippen LogP contribution in [-0.2, 0) is 6.54 Å². The molecular formula is C23H23ClFN5O. The smallest absolute Gasteiger partial charge is 0.251 e. The topological polar surface area (TPSA) is 66.8 Å². The third kappa shape index (κ3) is 3.95. The van der Waals surface area contributed by atoms with Gasteiger partial charge in [-0.3, -0.25) is 9.78 Å². The number of benzene rings is 1. The van der Waals surface area contributed by atoms with Gasteiger partial charge in [-0.15, -0.1) is 0 Å². The number of aryl methyl sites for hydroxylation is 1. The molecule has 31 heavy (non-hydrogen) atoms. The minimum Gasteiger partial charge on any atom is -0.342 e. The van der Waals surface area contributed by atoms with Crippen LogP contribution in [0, 0.1) is 12.7 Å². The van der Waals surface area contributed by atoms with Crippen LogP contribution in [-0.4, -0.2) is 44.1 Å². The Labute approximate surface area is 183 Å². The Morgan fingerprint density at radius 1 is 1.16 bits per heavy atom. The lowest BCUT2D eigenvalue weighted by Gasteiger charge is -2.31. The maximum Gasteiger partial charge on any atom is 0.251 e. The largest absolute Gasteiger partial charge is 0.342 e. The summed E-state index contributed by atoms with van der Waals surface area (Å²) in [5.74, 6) is 0.958. The zero-order chi connectivity index (χ0) is 21.5. The lowest BCUT2D eigenvalue weighted by molar-refractivity contribution is 0.203. The number of fused-ring (bicyclic) bond motifs is 2. The molecule has 4 heterocycles. The Morgan fingerprint density at radius 2 is 1.97 bits per heavy atom. The predicted molar refractivity (Wildman–Crippen MR) is 120 cm³/mol. The van der Waals surface area contributed by atoms with Crippen LogP contribution < -0.4 is 5.56 Å². The number of halogens is 2. The number of rotatable bonds is 4. The van der Waals surface area contributed by atoms with E-state index in [1.807, 2.05) is 19.1 Å². The van der Waals surface area contributed by atoms with Crippen molar-refractivity contribution in [3.63, 3.8) is 0 Å². The van der Waals surface area contributed by atoms with E-state index < -0.39 is 5.82 Å². The first-order chi connectivity index (χ1) is 15.0. The third-order valence-corrected chi connectivity index (χ3v) is 6.61. The summed E-state index contributed by atoms with van der Waals surface area (Å²) in [5, 5.41) is 0.735. The minimum atomic E-state index is -0.435. The molecule has 0 unspecified atom stereocenters. The normalized spacial score (nSPS) is 15.8. The molecule has 4 aromatic rings. The molecule has 1 aliphatic rings. The van der Waals surface area contributed by atoms with Gasteiger partial charge in [0.25, 0.3) is 5.56 Å². The van der Waals surface area contributed by atoms with Gasteiger partial charge < -0.3 is 14.5 Å². The van der Waals surface area contributed by atoms with Gasteiger partial charge in [0, 0.05) is 36.2 Å².